The molecule has 0 aliphatic rings. The molecule has 0 fully saturated rings. The molecule has 0 aliphatic heterocycles. The fourth-order valence-electron chi connectivity index (χ4n) is 1.58. The van der Waals surface area contributed by atoms with Crippen molar-refractivity contribution >= 4 is 0 Å². The van der Waals surface area contributed by atoms with Crippen molar-refractivity contribution in [3.8, 4) is 0 Å². The Labute approximate surface area is 95.0 Å². The van der Waals surface area contributed by atoms with Crippen molar-refractivity contribution in [3.05, 3.63) is 35.1 Å². The van der Waals surface area contributed by atoms with Crippen LogP contribution in [0.15, 0.2) is 18.2 Å². The van der Waals surface area contributed by atoms with Gasteiger partial charge in [-0.05, 0) is 36.6 Å². The lowest BCUT2D eigenvalue weighted by Gasteiger charge is -2.18. The fourth-order valence-corrected chi connectivity index (χ4v) is 1.58. The molecule has 1 aromatic rings. The predicted octanol–water partition coefficient (Wildman–Crippen LogP) is 1.53. The first-order valence-corrected chi connectivity index (χ1v) is 5.37. The zero-order chi connectivity index (χ0) is 12.0. The van der Waals surface area contributed by atoms with Crippen molar-refractivity contribution < 1.29 is 14.2 Å². The highest BCUT2D eigenvalue weighted by molar-refractivity contribution is 5.28. The average molecular weight is 227 g/mol. The van der Waals surface area contributed by atoms with Crippen LogP contribution in [0.4, 0.5) is 4.39 Å². The number of hydrogen-bond donors (Lipinski definition) is 2. The third kappa shape index (κ3) is 3.56. The van der Waals surface area contributed by atoms with Crippen LogP contribution in [-0.4, -0.2) is 24.9 Å². The Morgan fingerprint density at radius 1 is 1.50 bits per heavy atom. The highest BCUT2D eigenvalue weighted by Crippen LogP contribution is 2.21. The highest BCUT2D eigenvalue weighted by atomic mass is 19.1. The second-order valence-corrected chi connectivity index (χ2v) is 3.67. The molecule has 3 nitrogen and oxygen atoms in total. The van der Waals surface area contributed by atoms with Gasteiger partial charge in [0.25, 0.3) is 0 Å². The van der Waals surface area contributed by atoms with E-state index in [0.717, 1.165) is 11.1 Å². The van der Waals surface area contributed by atoms with Gasteiger partial charge in [0, 0.05) is 19.8 Å². The number of rotatable bonds is 6. The normalized spacial score (nSPS) is 12.8. The number of benzene rings is 1. The molecule has 0 radical (unpaired) electrons. The third-order valence-corrected chi connectivity index (χ3v) is 2.41. The molecule has 1 rings (SSSR count). The molecule has 16 heavy (non-hydrogen) atoms. The van der Waals surface area contributed by atoms with Crippen LogP contribution in [0, 0.1) is 12.7 Å². The first-order valence-electron chi connectivity index (χ1n) is 5.37. The third-order valence-electron chi connectivity index (χ3n) is 2.41. The smallest absolute Gasteiger partial charge is 0.123 e. The maximum absolute atomic E-state index is 12.9. The van der Waals surface area contributed by atoms with Crippen molar-refractivity contribution in [1.82, 2.24) is 0 Å². The summed E-state index contributed by atoms with van der Waals surface area (Å²) in [6.07, 6.45) is 0.351. The fraction of sp³-hybridized carbons (Fsp3) is 0.500. The summed E-state index contributed by atoms with van der Waals surface area (Å²) >= 11 is 0. The molecule has 3 N–H and O–H groups in total. The minimum absolute atomic E-state index is 0.0969. The molecule has 0 spiro atoms. The average Bonchev–Trinajstić information content (AvgIpc) is 2.26. The van der Waals surface area contributed by atoms with Crippen LogP contribution in [0.25, 0.3) is 0 Å². The minimum atomic E-state index is -0.257. The summed E-state index contributed by atoms with van der Waals surface area (Å²) in [5.74, 6) is -0.257. The molecule has 0 amide bonds. The number of ether oxygens (including phenoxy) is 1. The van der Waals surface area contributed by atoms with Crippen molar-refractivity contribution in [3.63, 3.8) is 0 Å². The molecule has 0 saturated heterocycles. The topological polar surface area (TPSA) is 55.5 Å². The van der Waals surface area contributed by atoms with Gasteiger partial charge in [-0.1, -0.05) is 6.07 Å². The van der Waals surface area contributed by atoms with E-state index in [-0.39, 0.29) is 18.5 Å². The Morgan fingerprint density at radius 3 is 2.81 bits per heavy atom. The lowest BCUT2D eigenvalue weighted by molar-refractivity contribution is 0.0484. The molecule has 4 heteroatoms. The molecular weight excluding hydrogens is 209 g/mol. The van der Waals surface area contributed by atoms with Crippen molar-refractivity contribution in [2.24, 2.45) is 5.73 Å². The summed E-state index contributed by atoms with van der Waals surface area (Å²) in [6.45, 7) is 2.73. The van der Waals surface area contributed by atoms with E-state index in [1.165, 1.54) is 12.1 Å². The number of aliphatic hydroxyl groups is 1. The van der Waals surface area contributed by atoms with E-state index in [9.17, 15) is 4.39 Å². The van der Waals surface area contributed by atoms with E-state index >= 15 is 0 Å². The van der Waals surface area contributed by atoms with E-state index in [2.05, 4.69) is 0 Å². The van der Waals surface area contributed by atoms with Gasteiger partial charge < -0.3 is 15.6 Å². The van der Waals surface area contributed by atoms with Gasteiger partial charge in [-0.2, -0.15) is 0 Å². The zero-order valence-electron chi connectivity index (χ0n) is 9.45. The van der Waals surface area contributed by atoms with Crippen molar-refractivity contribution in [2.45, 2.75) is 19.4 Å². The van der Waals surface area contributed by atoms with E-state index in [0.29, 0.717) is 19.6 Å². The lowest BCUT2D eigenvalue weighted by atomic mass is 10.0. The van der Waals surface area contributed by atoms with Gasteiger partial charge >= 0.3 is 0 Å². The van der Waals surface area contributed by atoms with E-state index < -0.39 is 0 Å². The van der Waals surface area contributed by atoms with E-state index in [1.54, 1.807) is 6.07 Å². The molecule has 0 aliphatic carbocycles. The summed E-state index contributed by atoms with van der Waals surface area (Å²) in [7, 11) is 0. The summed E-state index contributed by atoms with van der Waals surface area (Å²) in [5, 5.41) is 8.65. The Morgan fingerprint density at radius 2 is 2.25 bits per heavy atom. The Bertz CT molecular complexity index is 331. The number of aryl methyl sites for hydroxylation is 1. The molecule has 90 valence electrons. The minimum Gasteiger partial charge on any atom is -0.396 e. The van der Waals surface area contributed by atoms with Gasteiger partial charge in [0.15, 0.2) is 0 Å². The van der Waals surface area contributed by atoms with Crippen LogP contribution in [0.3, 0.4) is 0 Å². The maximum Gasteiger partial charge on any atom is 0.123 e. The molecule has 0 aromatic heterocycles. The van der Waals surface area contributed by atoms with E-state index in [4.69, 9.17) is 15.6 Å². The second-order valence-electron chi connectivity index (χ2n) is 3.67. The van der Waals surface area contributed by atoms with Gasteiger partial charge in [0.2, 0.25) is 0 Å². The van der Waals surface area contributed by atoms with Crippen LogP contribution in [0.5, 0.6) is 0 Å². The van der Waals surface area contributed by atoms with Gasteiger partial charge in [0.05, 0.1) is 6.10 Å². The molecule has 1 aromatic carbocycles. The lowest BCUT2D eigenvalue weighted by Crippen LogP contribution is -2.18. The molecule has 1 unspecified atom stereocenters. The van der Waals surface area contributed by atoms with Crippen LogP contribution in [0.1, 0.15) is 23.7 Å². The summed E-state index contributed by atoms with van der Waals surface area (Å²) < 4.78 is 18.4. The summed E-state index contributed by atoms with van der Waals surface area (Å²) in [5.41, 5.74) is 7.35. The molecule has 0 saturated carbocycles. The Kier molecular flexibility index (Phi) is 5.38. The number of nitrogens with two attached hydrogens (primary N) is 1. The Balaban J connectivity index is 2.70. The van der Waals surface area contributed by atoms with E-state index in [1.807, 2.05) is 6.92 Å². The van der Waals surface area contributed by atoms with Crippen molar-refractivity contribution in [1.29, 1.82) is 0 Å². The zero-order valence-corrected chi connectivity index (χ0v) is 9.45. The van der Waals surface area contributed by atoms with Gasteiger partial charge in [-0.3, -0.25) is 0 Å². The summed E-state index contributed by atoms with van der Waals surface area (Å²) in [6, 6.07) is 4.56. The number of hydrogen-bond acceptors (Lipinski definition) is 3. The Hall–Kier alpha value is -0.970. The predicted molar refractivity (Wildman–Crippen MR) is 60.6 cm³/mol. The van der Waals surface area contributed by atoms with Crippen LogP contribution in [-0.2, 0) is 4.74 Å². The van der Waals surface area contributed by atoms with Crippen LogP contribution in [0.2, 0.25) is 0 Å². The summed E-state index contributed by atoms with van der Waals surface area (Å²) in [4.78, 5) is 0. The first kappa shape index (κ1) is 13.1. The SMILES string of the molecule is Cc1cc(F)ccc1C(CN)OCCCO. The number of aliphatic hydroxyl groups excluding tert-OH is 1. The largest absolute Gasteiger partial charge is 0.396 e. The standard InChI is InChI=1S/C12H18FNO2/c1-9-7-10(13)3-4-11(9)12(8-14)16-6-2-5-15/h3-4,7,12,15H,2,5-6,8,14H2,1H3. The molecular formula is C12H18FNO2. The second kappa shape index (κ2) is 6.58. The number of halogens is 1. The molecule has 1 atom stereocenters. The van der Waals surface area contributed by atoms with Gasteiger partial charge in [0.1, 0.15) is 5.82 Å². The quantitative estimate of drug-likeness (QED) is 0.725. The highest BCUT2D eigenvalue weighted by Gasteiger charge is 2.12. The van der Waals surface area contributed by atoms with Crippen LogP contribution >= 0.6 is 0 Å². The molecule has 0 bridgehead atoms. The van der Waals surface area contributed by atoms with Gasteiger partial charge in [-0.15, -0.1) is 0 Å². The van der Waals surface area contributed by atoms with Crippen LogP contribution < -0.4 is 5.73 Å². The molecule has 0 heterocycles. The maximum atomic E-state index is 12.9. The van der Waals surface area contributed by atoms with Gasteiger partial charge in [-0.25, -0.2) is 4.39 Å². The monoisotopic (exact) mass is 227 g/mol. The van der Waals surface area contributed by atoms with Crippen molar-refractivity contribution in [2.75, 3.05) is 19.8 Å². The first-order chi connectivity index (χ1) is 7.69.